The molecule has 0 radical (unpaired) electrons. The van der Waals surface area contributed by atoms with E-state index in [-0.39, 0.29) is 0 Å². The third-order valence-electron chi connectivity index (χ3n) is 2.70. The number of unbranched alkanes of at least 4 members (excludes halogenated alkanes) is 2. The summed E-state index contributed by atoms with van der Waals surface area (Å²) in [5.74, 6) is 0. The monoisotopic (exact) mass is 248 g/mol. The Hall–Kier alpha value is 0.354. The minimum Gasteiger partial charge on any atom is -0.398 e. The van der Waals surface area contributed by atoms with Crippen LogP contribution in [0.1, 0.15) is 26.2 Å². The summed E-state index contributed by atoms with van der Waals surface area (Å²) in [6.07, 6.45) is 3.83. The third-order valence-corrected chi connectivity index (χ3v) is 11.7. The fraction of sp³-hybridized carbons (Fsp3) is 1.00. The Morgan fingerprint density at radius 2 is 1.47 bits per heavy atom. The third kappa shape index (κ3) is 6.50. The van der Waals surface area contributed by atoms with Gasteiger partial charge in [-0.2, -0.15) is 0 Å². The van der Waals surface area contributed by atoms with Crippen LogP contribution in [0.2, 0.25) is 31.4 Å². The first-order valence-electron chi connectivity index (χ1n) is 5.99. The molecule has 0 aromatic carbocycles. The lowest BCUT2D eigenvalue weighted by Crippen LogP contribution is -2.46. The minimum absolute atomic E-state index is 1.08. The summed E-state index contributed by atoms with van der Waals surface area (Å²) >= 11 is 0. The van der Waals surface area contributed by atoms with Crippen LogP contribution >= 0.6 is 0 Å². The maximum absolute atomic E-state index is 5.76. The largest absolute Gasteiger partial charge is 0.398 e. The summed E-state index contributed by atoms with van der Waals surface area (Å²) in [7, 11) is 0.733. The number of hydrogen-bond acceptors (Lipinski definition) is 2. The van der Waals surface area contributed by atoms with Crippen LogP contribution < -0.4 is 0 Å². The van der Waals surface area contributed by atoms with Gasteiger partial charge in [-0.3, -0.25) is 0 Å². The van der Waals surface area contributed by atoms with Crippen molar-refractivity contribution < 1.29 is 8.85 Å². The topological polar surface area (TPSA) is 18.5 Å². The van der Waals surface area contributed by atoms with Crippen molar-refractivity contribution in [3.05, 3.63) is 0 Å². The normalized spacial score (nSPS) is 13.2. The molecule has 0 aromatic rings. The standard InChI is InChI=1S/C11H28O2Si2/c1-7-8-9-10-15(12-2,13-3)11-14(4,5)6/h7-11H2,1-6H3. The second-order valence-corrected chi connectivity index (χ2v) is 15.2. The molecule has 15 heavy (non-hydrogen) atoms. The van der Waals surface area contributed by atoms with E-state index in [1.807, 2.05) is 14.2 Å². The van der Waals surface area contributed by atoms with E-state index in [1.54, 1.807) is 0 Å². The lowest BCUT2D eigenvalue weighted by Gasteiger charge is -2.32. The van der Waals surface area contributed by atoms with Gasteiger partial charge in [0.2, 0.25) is 0 Å². The molecule has 92 valence electrons. The first-order valence-corrected chi connectivity index (χ1v) is 11.9. The minimum atomic E-state index is -1.85. The molecule has 0 unspecified atom stereocenters. The quantitative estimate of drug-likeness (QED) is 0.481. The zero-order chi connectivity index (χ0) is 11.9. The van der Waals surface area contributed by atoms with E-state index in [2.05, 4.69) is 26.6 Å². The van der Waals surface area contributed by atoms with Crippen LogP contribution in [-0.2, 0) is 8.85 Å². The van der Waals surface area contributed by atoms with Gasteiger partial charge in [0.1, 0.15) is 0 Å². The summed E-state index contributed by atoms with van der Waals surface area (Å²) in [6.45, 7) is 9.42. The predicted octanol–water partition coefficient (Wildman–Crippen LogP) is 3.79. The molecule has 0 saturated carbocycles. The average molecular weight is 249 g/mol. The fourth-order valence-corrected chi connectivity index (χ4v) is 11.7. The Kier molecular flexibility index (Phi) is 6.99. The van der Waals surface area contributed by atoms with Crippen LogP contribution in [0.3, 0.4) is 0 Å². The first kappa shape index (κ1) is 15.4. The molecule has 0 aromatic heterocycles. The number of hydrogen-bond donors (Lipinski definition) is 0. The first-order chi connectivity index (χ1) is 6.89. The Balaban J connectivity index is 4.30. The highest BCUT2D eigenvalue weighted by molar-refractivity contribution is 6.90. The van der Waals surface area contributed by atoms with Crippen molar-refractivity contribution in [1.82, 2.24) is 0 Å². The van der Waals surface area contributed by atoms with Crippen LogP contribution in [0.4, 0.5) is 0 Å². The van der Waals surface area contributed by atoms with Crippen LogP contribution in [0, 0.1) is 0 Å². The fourth-order valence-electron chi connectivity index (χ4n) is 1.97. The van der Waals surface area contributed by atoms with Crippen molar-refractivity contribution in [3.8, 4) is 0 Å². The van der Waals surface area contributed by atoms with Crippen molar-refractivity contribution in [2.45, 2.75) is 57.5 Å². The molecule has 0 aliphatic carbocycles. The molecule has 0 atom stereocenters. The van der Waals surface area contributed by atoms with Crippen molar-refractivity contribution >= 4 is 16.6 Å². The van der Waals surface area contributed by atoms with E-state index in [0.717, 1.165) is 6.04 Å². The maximum atomic E-state index is 5.76. The van der Waals surface area contributed by atoms with Gasteiger partial charge in [-0.25, -0.2) is 0 Å². The second kappa shape index (κ2) is 6.83. The summed E-state index contributed by atoms with van der Waals surface area (Å²) in [5.41, 5.74) is 1.22. The SMILES string of the molecule is CCCCC[Si](C[Si](C)(C)C)(OC)OC. The summed E-state index contributed by atoms with van der Waals surface area (Å²) in [5, 5.41) is 0. The predicted molar refractivity (Wildman–Crippen MR) is 72.3 cm³/mol. The van der Waals surface area contributed by atoms with Crippen LogP contribution in [0.15, 0.2) is 0 Å². The smallest absolute Gasteiger partial charge is 0.334 e. The Morgan fingerprint density at radius 3 is 1.80 bits per heavy atom. The molecule has 4 heteroatoms. The van der Waals surface area contributed by atoms with E-state index in [4.69, 9.17) is 8.85 Å². The zero-order valence-electron chi connectivity index (χ0n) is 11.4. The van der Waals surface area contributed by atoms with Gasteiger partial charge in [-0.1, -0.05) is 45.8 Å². The Morgan fingerprint density at radius 1 is 0.933 bits per heavy atom. The molecular weight excluding hydrogens is 220 g/mol. The average Bonchev–Trinajstić information content (AvgIpc) is 2.15. The van der Waals surface area contributed by atoms with Crippen molar-refractivity contribution in [1.29, 1.82) is 0 Å². The maximum Gasteiger partial charge on any atom is 0.334 e. The molecule has 2 nitrogen and oxygen atoms in total. The van der Waals surface area contributed by atoms with Gasteiger partial charge in [0.15, 0.2) is 0 Å². The zero-order valence-corrected chi connectivity index (χ0v) is 13.4. The molecule has 0 aliphatic heterocycles. The highest BCUT2D eigenvalue weighted by atomic mass is 28.4. The Bertz CT molecular complexity index is 162. The number of rotatable bonds is 8. The van der Waals surface area contributed by atoms with E-state index in [1.165, 1.54) is 24.9 Å². The lowest BCUT2D eigenvalue weighted by atomic mass is 10.3. The van der Waals surface area contributed by atoms with Gasteiger partial charge in [0.05, 0.1) is 0 Å². The molecule has 0 rings (SSSR count). The van der Waals surface area contributed by atoms with Crippen molar-refractivity contribution in [3.63, 3.8) is 0 Å². The molecule has 0 heterocycles. The van der Waals surface area contributed by atoms with E-state index >= 15 is 0 Å². The van der Waals surface area contributed by atoms with Gasteiger partial charge >= 0.3 is 8.56 Å². The Labute approximate surface area is 97.6 Å². The molecule has 0 bridgehead atoms. The summed E-state index contributed by atoms with van der Waals surface area (Å²) < 4.78 is 11.5. The van der Waals surface area contributed by atoms with Crippen molar-refractivity contribution in [2.75, 3.05) is 14.2 Å². The van der Waals surface area contributed by atoms with E-state index in [9.17, 15) is 0 Å². The van der Waals surface area contributed by atoms with E-state index < -0.39 is 16.6 Å². The molecule has 0 N–H and O–H groups in total. The highest BCUT2D eigenvalue weighted by Gasteiger charge is 2.39. The summed E-state index contributed by atoms with van der Waals surface area (Å²) in [6, 6.07) is 1.16. The van der Waals surface area contributed by atoms with Crippen molar-refractivity contribution in [2.24, 2.45) is 0 Å². The van der Waals surface area contributed by atoms with Gasteiger partial charge in [0, 0.05) is 22.3 Å². The van der Waals surface area contributed by atoms with E-state index in [0.29, 0.717) is 0 Å². The van der Waals surface area contributed by atoms with Gasteiger partial charge in [-0.15, -0.1) is 0 Å². The van der Waals surface area contributed by atoms with Gasteiger partial charge < -0.3 is 8.85 Å². The molecule has 0 spiro atoms. The molecule has 0 fully saturated rings. The highest BCUT2D eigenvalue weighted by Crippen LogP contribution is 2.26. The van der Waals surface area contributed by atoms with Crippen LogP contribution in [0.25, 0.3) is 0 Å². The second-order valence-electron chi connectivity index (χ2n) is 5.51. The van der Waals surface area contributed by atoms with Gasteiger partial charge in [0.25, 0.3) is 0 Å². The summed E-state index contributed by atoms with van der Waals surface area (Å²) in [4.78, 5) is 0. The molecule has 0 aliphatic rings. The van der Waals surface area contributed by atoms with Crippen LogP contribution in [-0.4, -0.2) is 30.9 Å². The molecule has 0 saturated heterocycles. The molecular formula is C11H28O2Si2. The lowest BCUT2D eigenvalue weighted by molar-refractivity contribution is 0.245. The van der Waals surface area contributed by atoms with Crippen LogP contribution in [0.5, 0.6) is 0 Å². The molecule has 0 amide bonds. The van der Waals surface area contributed by atoms with Gasteiger partial charge in [-0.05, 0) is 11.7 Å².